The molecule has 1 aromatic rings. The van der Waals surface area contributed by atoms with Crippen LogP contribution < -0.4 is 4.90 Å². The molecule has 1 fully saturated rings. The molecule has 0 unspecified atom stereocenters. The number of aromatic nitrogens is 1. The van der Waals surface area contributed by atoms with Gasteiger partial charge in [-0.3, -0.25) is 4.79 Å². The van der Waals surface area contributed by atoms with E-state index in [1.807, 2.05) is 6.07 Å². The molecule has 0 spiro atoms. The average molecular weight is 356 g/mol. The van der Waals surface area contributed by atoms with Crippen molar-refractivity contribution in [3.63, 3.8) is 0 Å². The number of piperazine rings is 1. The van der Waals surface area contributed by atoms with Gasteiger partial charge in [0.1, 0.15) is 5.82 Å². The Kier molecular flexibility index (Phi) is 4.59. The van der Waals surface area contributed by atoms with E-state index in [9.17, 15) is 13.2 Å². The fourth-order valence-corrected chi connectivity index (χ4v) is 4.37. The number of rotatable bonds is 3. The summed E-state index contributed by atoms with van der Waals surface area (Å²) in [5.74, 6) is 0.725. The number of allylic oxidation sites excluding steroid dienone is 1. The van der Waals surface area contributed by atoms with Gasteiger partial charge in [0, 0.05) is 50.1 Å². The zero-order valence-electron chi connectivity index (χ0n) is 12.6. The van der Waals surface area contributed by atoms with Crippen molar-refractivity contribution in [3.8, 4) is 0 Å². The Labute approximate surface area is 140 Å². The van der Waals surface area contributed by atoms with E-state index in [-0.39, 0.29) is 24.0 Å². The molecule has 0 aliphatic carbocycles. The molecule has 0 saturated carbocycles. The summed E-state index contributed by atoms with van der Waals surface area (Å²) in [6.45, 7) is 2.65. The van der Waals surface area contributed by atoms with Gasteiger partial charge < -0.3 is 9.80 Å². The first-order valence-electron chi connectivity index (χ1n) is 7.48. The minimum Gasteiger partial charge on any atom is -0.353 e. The van der Waals surface area contributed by atoms with Crippen molar-refractivity contribution >= 4 is 33.2 Å². The van der Waals surface area contributed by atoms with Crippen LogP contribution in [0.4, 0.5) is 5.82 Å². The number of pyridine rings is 1. The van der Waals surface area contributed by atoms with Crippen LogP contribution in [0.2, 0.25) is 5.02 Å². The topological polar surface area (TPSA) is 70.6 Å². The highest BCUT2D eigenvalue weighted by Gasteiger charge is 2.27. The normalized spacial score (nSPS) is 23.3. The van der Waals surface area contributed by atoms with E-state index in [0.29, 0.717) is 31.2 Å². The molecule has 2 aliphatic heterocycles. The highest BCUT2D eigenvalue weighted by molar-refractivity contribution is 7.94. The maximum absolute atomic E-state index is 12.3. The summed E-state index contributed by atoms with van der Waals surface area (Å²) in [5.41, 5.74) is 0. The molecule has 6 nitrogen and oxygen atoms in total. The van der Waals surface area contributed by atoms with Crippen molar-refractivity contribution in [2.75, 3.05) is 36.8 Å². The van der Waals surface area contributed by atoms with E-state index < -0.39 is 9.84 Å². The zero-order chi connectivity index (χ0) is 16.4. The van der Waals surface area contributed by atoms with Crippen LogP contribution in [0.5, 0.6) is 0 Å². The molecule has 3 rings (SSSR count). The van der Waals surface area contributed by atoms with Gasteiger partial charge in [-0.1, -0.05) is 17.7 Å². The summed E-state index contributed by atoms with van der Waals surface area (Å²) in [6.07, 6.45) is 3.50. The van der Waals surface area contributed by atoms with Crippen molar-refractivity contribution < 1.29 is 13.2 Å². The number of anilines is 1. The van der Waals surface area contributed by atoms with Crippen molar-refractivity contribution in [3.05, 3.63) is 34.8 Å². The third-order valence-corrected chi connectivity index (χ3v) is 5.80. The second-order valence-electron chi connectivity index (χ2n) is 5.82. The third kappa shape index (κ3) is 4.03. The van der Waals surface area contributed by atoms with E-state index in [1.54, 1.807) is 23.2 Å². The lowest BCUT2D eigenvalue weighted by Gasteiger charge is -2.35. The van der Waals surface area contributed by atoms with Crippen molar-refractivity contribution in [2.24, 2.45) is 5.92 Å². The molecule has 0 N–H and O–H groups in total. The Morgan fingerprint density at radius 3 is 2.57 bits per heavy atom. The predicted octanol–water partition coefficient (Wildman–Crippen LogP) is 1.33. The van der Waals surface area contributed by atoms with Crippen LogP contribution in [0.3, 0.4) is 0 Å². The molecule has 0 bridgehead atoms. The molecule has 1 amide bonds. The van der Waals surface area contributed by atoms with Crippen LogP contribution in [-0.4, -0.2) is 56.1 Å². The van der Waals surface area contributed by atoms with Crippen LogP contribution in [-0.2, 0) is 14.6 Å². The van der Waals surface area contributed by atoms with Crippen LogP contribution in [0.25, 0.3) is 0 Å². The van der Waals surface area contributed by atoms with E-state index in [4.69, 9.17) is 11.6 Å². The summed E-state index contributed by atoms with van der Waals surface area (Å²) in [6, 6.07) is 3.67. The first-order valence-corrected chi connectivity index (χ1v) is 9.57. The highest BCUT2D eigenvalue weighted by atomic mass is 35.5. The molecule has 2 aliphatic rings. The number of hydrogen-bond donors (Lipinski definition) is 0. The maximum Gasteiger partial charge on any atom is 0.223 e. The second-order valence-corrected chi connectivity index (χ2v) is 8.19. The van der Waals surface area contributed by atoms with E-state index in [0.717, 1.165) is 5.82 Å². The van der Waals surface area contributed by atoms with Crippen LogP contribution in [0.15, 0.2) is 29.8 Å². The first-order chi connectivity index (χ1) is 10.9. The van der Waals surface area contributed by atoms with Crippen molar-refractivity contribution in [1.82, 2.24) is 9.88 Å². The van der Waals surface area contributed by atoms with Gasteiger partial charge in [0.15, 0.2) is 9.84 Å². The Balaban J connectivity index is 1.51. The minimum atomic E-state index is -3.10. The number of nitrogens with zero attached hydrogens (tertiary/aromatic N) is 3. The summed E-state index contributed by atoms with van der Waals surface area (Å²) < 4.78 is 22.8. The summed E-state index contributed by atoms with van der Waals surface area (Å²) >= 11 is 5.83. The number of carbonyl (C=O) groups is 1. The molecule has 124 valence electrons. The Morgan fingerprint density at radius 1 is 1.26 bits per heavy atom. The molecular weight excluding hydrogens is 338 g/mol. The lowest BCUT2D eigenvalue weighted by Crippen LogP contribution is -2.49. The highest BCUT2D eigenvalue weighted by Crippen LogP contribution is 2.21. The van der Waals surface area contributed by atoms with Gasteiger partial charge in [-0.15, -0.1) is 0 Å². The molecule has 23 heavy (non-hydrogen) atoms. The van der Waals surface area contributed by atoms with Gasteiger partial charge in [-0.25, -0.2) is 13.4 Å². The molecule has 1 saturated heterocycles. The number of halogens is 1. The zero-order valence-corrected chi connectivity index (χ0v) is 14.1. The van der Waals surface area contributed by atoms with Gasteiger partial charge in [0.05, 0.1) is 10.8 Å². The lowest BCUT2D eigenvalue weighted by molar-refractivity contribution is -0.132. The van der Waals surface area contributed by atoms with E-state index >= 15 is 0 Å². The SMILES string of the molecule is O=C(C[C@@H]1C=CS(=O)(=O)C1)N1CCN(c2ccc(Cl)cn2)CC1. The second kappa shape index (κ2) is 6.49. The van der Waals surface area contributed by atoms with Crippen molar-refractivity contribution in [1.29, 1.82) is 0 Å². The van der Waals surface area contributed by atoms with Crippen LogP contribution in [0.1, 0.15) is 6.42 Å². The van der Waals surface area contributed by atoms with Gasteiger partial charge in [0.2, 0.25) is 5.91 Å². The molecule has 3 heterocycles. The Hall–Kier alpha value is -1.60. The van der Waals surface area contributed by atoms with Gasteiger partial charge in [-0.05, 0) is 12.1 Å². The molecule has 1 atom stereocenters. The summed E-state index contributed by atoms with van der Waals surface area (Å²) in [7, 11) is -3.10. The number of hydrogen-bond acceptors (Lipinski definition) is 5. The molecule has 0 aromatic carbocycles. The fourth-order valence-electron chi connectivity index (χ4n) is 2.86. The standard InChI is InChI=1S/C15H18ClN3O3S/c16-13-1-2-14(17-10-13)18-4-6-19(7-5-18)15(20)9-12-3-8-23(21,22)11-12/h1-3,8,10,12H,4-7,9,11H2/t12-/m0/s1. The molecular formula is C15H18ClN3O3S. The predicted molar refractivity (Wildman–Crippen MR) is 89.1 cm³/mol. The van der Waals surface area contributed by atoms with Crippen LogP contribution in [0, 0.1) is 5.92 Å². The Bertz CT molecular complexity index is 710. The lowest BCUT2D eigenvalue weighted by atomic mass is 10.1. The van der Waals surface area contributed by atoms with E-state index in [2.05, 4.69) is 9.88 Å². The monoisotopic (exact) mass is 355 g/mol. The molecule has 0 radical (unpaired) electrons. The number of amides is 1. The molecule has 1 aromatic heterocycles. The van der Waals surface area contributed by atoms with Gasteiger partial charge in [-0.2, -0.15) is 0 Å². The quantitative estimate of drug-likeness (QED) is 0.818. The number of carbonyl (C=O) groups excluding carboxylic acids is 1. The van der Waals surface area contributed by atoms with Crippen LogP contribution >= 0.6 is 11.6 Å². The summed E-state index contributed by atoms with van der Waals surface area (Å²) in [4.78, 5) is 20.5. The average Bonchev–Trinajstić information content (AvgIpc) is 2.87. The smallest absolute Gasteiger partial charge is 0.223 e. The molecule has 8 heteroatoms. The Morgan fingerprint density at radius 2 is 2.00 bits per heavy atom. The van der Waals surface area contributed by atoms with Crippen molar-refractivity contribution in [2.45, 2.75) is 6.42 Å². The third-order valence-electron chi connectivity index (χ3n) is 4.11. The largest absolute Gasteiger partial charge is 0.353 e. The number of sulfone groups is 1. The maximum atomic E-state index is 12.3. The van der Waals surface area contributed by atoms with Gasteiger partial charge in [0.25, 0.3) is 0 Å². The minimum absolute atomic E-state index is 0.0143. The first kappa shape index (κ1) is 16.3. The van der Waals surface area contributed by atoms with Gasteiger partial charge >= 0.3 is 0 Å². The van der Waals surface area contributed by atoms with E-state index in [1.165, 1.54) is 5.41 Å². The summed E-state index contributed by atoms with van der Waals surface area (Å²) in [5, 5.41) is 1.82. The fraction of sp³-hybridized carbons (Fsp3) is 0.467.